The normalized spacial score (nSPS) is 11.2. The maximum atomic E-state index is 13.5. The molecule has 0 aliphatic rings. The standard InChI is InChI=1S/C17H13FN4O2S/c18-10-1-2-14-12(7-10)13(8-15(23)21-14)16(24)19-4-3-11-9-22-5-6-25-17(22)20-11/h1-2,5-9H,3-4H2,(H,19,24)(H,21,23). The van der Waals surface area contributed by atoms with Crippen LogP contribution in [0.2, 0.25) is 0 Å². The second kappa shape index (κ2) is 6.14. The van der Waals surface area contributed by atoms with Gasteiger partial charge in [0.25, 0.3) is 5.91 Å². The Bertz CT molecular complexity index is 1120. The van der Waals surface area contributed by atoms with Crippen molar-refractivity contribution in [2.75, 3.05) is 6.54 Å². The van der Waals surface area contributed by atoms with Crippen LogP contribution in [-0.2, 0) is 6.42 Å². The number of rotatable bonds is 4. The van der Waals surface area contributed by atoms with Crippen LogP contribution in [0.5, 0.6) is 0 Å². The number of benzene rings is 1. The van der Waals surface area contributed by atoms with Gasteiger partial charge >= 0.3 is 0 Å². The van der Waals surface area contributed by atoms with E-state index in [-0.39, 0.29) is 5.56 Å². The number of carbonyl (C=O) groups is 1. The Labute approximate surface area is 145 Å². The van der Waals surface area contributed by atoms with Crippen LogP contribution in [-0.4, -0.2) is 26.8 Å². The molecule has 0 atom stereocenters. The quantitative estimate of drug-likeness (QED) is 0.589. The van der Waals surface area contributed by atoms with Gasteiger partial charge in [0, 0.05) is 47.7 Å². The van der Waals surface area contributed by atoms with Crippen molar-refractivity contribution in [3.63, 3.8) is 0 Å². The fourth-order valence-electron chi connectivity index (χ4n) is 2.71. The van der Waals surface area contributed by atoms with Gasteiger partial charge in [-0.3, -0.25) is 14.0 Å². The summed E-state index contributed by atoms with van der Waals surface area (Å²) in [6.07, 6.45) is 4.40. The molecule has 126 valence electrons. The second-order valence-electron chi connectivity index (χ2n) is 5.57. The lowest BCUT2D eigenvalue weighted by Gasteiger charge is -2.07. The molecule has 1 amide bonds. The summed E-state index contributed by atoms with van der Waals surface area (Å²) >= 11 is 1.54. The highest BCUT2D eigenvalue weighted by molar-refractivity contribution is 7.15. The molecule has 8 heteroatoms. The number of H-pyrrole nitrogens is 1. The minimum Gasteiger partial charge on any atom is -0.352 e. The fraction of sp³-hybridized carbons (Fsp3) is 0.118. The Hall–Kier alpha value is -3.00. The van der Waals surface area contributed by atoms with Gasteiger partial charge in [-0.25, -0.2) is 9.37 Å². The second-order valence-corrected chi connectivity index (χ2v) is 6.44. The van der Waals surface area contributed by atoms with Crippen LogP contribution in [0.1, 0.15) is 16.1 Å². The Morgan fingerprint density at radius 3 is 3.08 bits per heavy atom. The molecule has 2 N–H and O–H groups in total. The summed E-state index contributed by atoms with van der Waals surface area (Å²) in [4.78, 5) is 32.1. The molecule has 1 aromatic carbocycles. The number of nitrogens with zero attached hydrogens (tertiary/aromatic N) is 2. The zero-order valence-electron chi connectivity index (χ0n) is 13.0. The first kappa shape index (κ1) is 15.5. The third-order valence-corrected chi connectivity index (χ3v) is 4.63. The Morgan fingerprint density at radius 1 is 1.36 bits per heavy atom. The third kappa shape index (κ3) is 3.03. The molecule has 3 heterocycles. The third-order valence-electron chi connectivity index (χ3n) is 3.86. The molecule has 0 saturated carbocycles. The lowest BCUT2D eigenvalue weighted by molar-refractivity contribution is 0.0955. The number of thiazole rings is 1. The number of hydrogen-bond donors (Lipinski definition) is 2. The first-order valence-corrected chi connectivity index (χ1v) is 8.50. The first-order chi connectivity index (χ1) is 12.1. The van der Waals surface area contributed by atoms with Crippen molar-refractivity contribution in [1.82, 2.24) is 19.7 Å². The molecule has 0 aliphatic carbocycles. The largest absolute Gasteiger partial charge is 0.352 e. The Kier molecular flexibility index (Phi) is 3.81. The number of halogens is 1. The van der Waals surface area contributed by atoms with Crippen LogP contribution in [0, 0.1) is 5.82 Å². The number of pyridine rings is 1. The van der Waals surface area contributed by atoms with Crippen LogP contribution in [0.15, 0.2) is 46.8 Å². The number of aromatic amines is 1. The predicted octanol–water partition coefficient (Wildman–Crippen LogP) is 2.35. The van der Waals surface area contributed by atoms with Gasteiger partial charge in [-0.2, -0.15) is 0 Å². The topological polar surface area (TPSA) is 79.3 Å². The highest BCUT2D eigenvalue weighted by Gasteiger charge is 2.12. The molecule has 0 radical (unpaired) electrons. The van der Waals surface area contributed by atoms with Crippen LogP contribution >= 0.6 is 11.3 Å². The number of nitrogens with one attached hydrogen (secondary N) is 2. The number of imidazole rings is 1. The zero-order valence-corrected chi connectivity index (χ0v) is 13.8. The van der Waals surface area contributed by atoms with Crippen molar-refractivity contribution in [2.24, 2.45) is 0 Å². The molecular weight excluding hydrogens is 343 g/mol. The molecule has 0 unspecified atom stereocenters. The van der Waals surface area contributed by atoms with Gasteiger partial charge < -0.3 is 10.3 Å². The molecule has 0 spiro atoms. The summed E-state index contributed by atoms with van der Waals surface area (Å²) < 4.78 is 15.4. The van der Waals surface area contributed by atoms with Crippen LogP contribution < -0.4 is 10.9 Å². The van der Waals surface area contributed by atoms with Crippen molar-refractivity contribution < 1.29 is 9.18 Å². The van der Waals surface area contributed by atoms with Crippen LogP contribution in [0.4, 0.5) is 4.39 Å². The highest BCUT2D eigenvalue weighted by atomic mass is 32.1. The summed E-state index contributed by atoms with van der Waals surface area (Å²) in [7, 11) is 0. The fourth-order valence-corrected chi connectivity index (χ4v) is 3.43. The minimum atomic E-state index is -0.466. The van der Waals surface area contributed by atoms with Gasteiger partial charge in [-0.15, -0.1) is 11.3 Å². The molecule has 0 fully saturated rings. The first-order valence-electron chi connectivity index (χ1n) is 7.62. The highest BCUT2D eigenvalue weighted by Crippen LogP contribution is 2.16. The maximum absolute atomic E-state index is 13.5. The van der Waals surface area contributed by atoms with Crippen molar-refractivity contribution in [2.45, 2.75) is 6.42 Å². The van der Waals surface area contributed by atoms with E-state index < -0.39 is 17.3 Å². The molecule has 3 aromatic heterocycles. The van der Waals surface area contributed by atoms with Gasteiger partial charge in [0.05, 0.1) is 11.3 Å². The van der Waals surface area contributed by atoms with E-state index in [2.05, 4.69) is 15.3 Å². The number of amides is 1. The average Bonchev–Trinajstić information content (AvgIpc) is 3.16. The van der Waals surface area contributed by atoms with E-state index >= 15 is 0 Å². The molecule has 0 bridgehead atoms. The van der Waals surface area contributed by atoms with E-state index in [9.17, 15) is 14.0 Å². The average molecular weight is 356 g/mol. The van der Waals surface area contributed by atoms with Crippen molar-refractivity contribution in [3.8, 4) is 0 Å². The summed E-state index contributed by atoms with van der Waals surface area (Å²) in [6, 6.07) is 5.11. The van der Waals surface area contributed by atoms with Crippen LogP contribution in [0.25, 0.3) is 15.9 Å². The summed E-state index contributed by atoms with van der Waals surface area (Å²) in [6.45, 7) is 0.368. The minimum absolute atomic E-state index is 0.157. The summed E-state index contributed by atoms with van der Waals surface area (Å²) in [5, 5.41) is 5.09. The summed E-state index contributed by atoms with van der Waals surface area (Å²) in [5.74, 6) is -0.880. The number of aromatic nitrogens is 3. The lowest BCUT2D eigenvalue weighted by Crippen LogP contribution is -2.27. The Balaban J connectivity index is 1.52. The van der Waals surface area contributed by atoms with E-state index in [1.165, 1.54) is 35.6 Å². The van der Waals surface area contributed by atoms with E-state index in [0.717, 1.165) is 10.7 Å². The molecule has 4 aromatic rings. The van der Waals surface area contributed by atoms with E-state index in [1.807, 2.05) is 22.2 Å². The summed E-state index contributed by atoms with van der Waals surface area (Å²) in [5.41, 5.74) is 1.05. The Morgan fingerprint density at radius 2 is 2.24 bits per heavy atom. The molecule has 0 saturated heterocycles. The molecule has 4 rings (SSSR count). The smallest absolute Gasteiger partial charge is 0.252 e. The van der Waals surface area contributed by atoms with E-state index in [4.69, 9.17) is 0 Å². The van der Waals surface area contributed by atoms with Gasteiger partial charge in [0.2, 0.25) is 5.56 Å². The number of hydrogen-bond acceptors (Lipinski definition) is 4. The van der Waals surface area contributed by atoms with Gasteiger partial charge in [-0.05, 0) is 18.2 Å². The van der Waals surface area contributed by atoms with Gasteiger partial charge in [0.1, 0.15) is 5.82 Å². The van der Waals surface area contributed by atoms with E-state index in [1.54, 1.807) is 0 Å². The zero-order chi connectivity index (χ0) is 17.4. The molecule has 6 nitrogen and oxygen atoms in total. The molecular formula is C17H13FN4O2S. The monoisotopic (exact) mass is 356 g/mol. The van der Waals surface area contributed by atoms with Crippen molar-refractivity contribution >= 4 is 33.1 Å². The number of fused-ring (bicyclic) bond motifs is 2. The molecule has 25 heavy (non-hydrogen) atoms. The molecule has 0 aliphatic heterocycles. The SMILES string of the molecule is O=C(NCCc1cn2ccsc2n1)c1cc(=O)[nH]c2ccc(F)cc12. The van der Waals surface area contributed by atoms with Gasteiger partial charge in [0.15, 0.2) is 4.96 Å². The maximum Gasteiger partial charge on any atom is 0.252 e. The predicted molar refractivity (Wildman–Crippen MR) is 93.6 cm³/mol. The van der Waals surface area contributed by atoms with E-state index in [0.29, 0.717) is 23.9 Å². The van der Waals surface area contributed by atoms with Gasteiger partial charge in [-0.1, -0.05) is 0 Å². The number of carbonyl (C=O) groups excluding carboxylic acids is 1. The van der Waals surface area contributed by atoms with Crippen molar-refractivity contribution in [3.05, 3.63) is 69.5 Å². The van der Waals surface area contributed by atoms with Crippen molar-refractivity contribution in [1.29, 1.82) is 0 Å². The van der Waals surface area contributed by atoms with Crippen LogP contribution in [0.3, 0.4) is 0 Å². The lowest BCUT2D eigenvalue weighted by atomic mass is 10.1.